The molecule has 3 rings (SSSR count). The van der Waals surface area contributed by atoms with Crippen LogP contribution in [0.2, 0.25) is 0 Å². The van der Waals surface area contributed by atoms with Crippen LogP contribution in [0, 0.1) is 0 Å². The summed E-state index contributed by atoms with van der Waals surface area (Å²) in [6, 6.07) is 11.2. The van der Waals surface area contributed by atoms with Crippen molar-refractivity contribution in [3.63, 3.8) is 0 Å². The Bertz CT molecular complexity index is 590. The molecule has 0 aromatic heterocycles. The van der Waals surface area contributed by atoms with Crippen molar-refractivity contribution in [3.05, 3.63) is 59.5 Å². The van der Waals surface area contributed by atoms with Gasteiger partial charge in [-0.25, -0.2) is 4.39 Å². The number of benzene rings is 1. The molecule has 0 spiro atoms. The minimum atomic E-state index is -2.17. The van der Waals surface area contributed by atoms with E-state index in [2.05, 4.69) is 35.2 Å². The third-order valence-electron chi connectivity index (χ3n) is 4.94. The molecule has 2 atom stereocenters. The number of allylic oxidation sites excluding steroid dienone is 1. The molecular formula is C19H22F3N. The van der Waals surface area contributed by atoms with Gasteiger partial charge in [0.05, 0.1) is 0 Å². The molecule has 23 heavy (non-hydrogen) atoms. The molecule has 2 unspecified atom stereocenters. The Balaban J connectivity index is 1.68. The summed E-state index contributed by atoms with van der Waals surface area (Å²) < 4.78 is 37.4. The van der Waals surface area contributed by atoms with E-state index in [1.54, 1.807) is 0 Å². The van der Waals surface area contributed by atoms with Crippen LogP contribution in [0.1, 0.15) is 44.1 Å². The lowest BCUT2D eigenvalue weighted by Gasteiger charge is -2.45. The predicted molar refractivity (Wildman–Crippen MR) is 85.7 cm³/mol. The Morgan fingerprint density at radius 2 is 1.87 bits per heavy atom. The zero-order valence-electron chi connectivity index (χ0n) is 13.1. The lowest BCUT2D eigenvalue weighted by molar-refractivity contribution is 0.0876. The van der Waals surface area contributed by atoms with Gasteiger partial charge >= 0.3 is 6.08 Å². The maximum atomic E-state index is 13.0. The Morgan fingerprint density at radius 1 is 1.09 bits per heavy atom. The third kappa shape index (κ3) is 4.05. The van der Waals surface area contributed by atoms with Gasteiger partial charge in [-0.1, -0.05) is 48.4 Å². The number of fused-ring (bicyclic) bond motifs is 2. The van der Waals surface area contributed by atoms with E-state index in [1.165, 1.54) is 12.0 Å². The Hall–Kier alpha value is -1.55. The summed E-state index contributed by atoms with van der Waals surface area (Å²) in [5.74, 6) is -1.26. The van der Waals surface area contributed by atoms with E-state index in [-0.39, 0.29) is 6.42 Å². The van der Waals surface area contributed by atoms with Gasteiger partial charge in [-0.3, -0.25) is 4.90 Å². The second kappa shape index (κ2) is 7.35. The second-order valence-corrected chi connectivity index (χ2v) is 6.50. The molecule has 0 radical (unpaired) electrons. The molecule has 0 N–H and O–H groups in total. The molecule has 124 valence electrons. The van der Waals surface area contributed by atoms with Crippen LogP contribution in [0.5, 0.6) is 0 Å². The zero-order valence-corrected chi connectivity index (χ0v) is 13.1. The number of halogens is 3. The van der Waals surface area contributed by atoms with E-state index in [0.717, 1.165) is 31.4 Å². The van der Waals surface area contributed by atoms with E-state index in [0.29, 0.717) is 18.5 Å². The molecule has 4 heteroatoms. The quantitative estimate of drug-likeness (QED) is 0.638. The SMILES string of the molecule is FC(F)=C(F)CCC1=CC2CCCC(C1)N2Cc1ccccc1. The van der Waals surface area contributed by atoms with E-state index in [1.807, 2.05) is 6.07 Å². The van der Waals surface area contributed by atoms with Gasteiger partial charge in [0.1, 0.15) is 0 Å². The topological polar surface area (TPSA) is 3.24 Å². The fourth-order valence-electron chi connectivity index (χ4n) is 3.80. The molecule has 1 saturated heterocycles. The van der Waals surface area contributed by atoms with Gasteiger partial charge in [0, 0.05) is 25.0 Å². The Kier molecular flexibility index (Phi) is 5.21. The van der Waals surface area contributed by atoms with Crippen molar-refractivity contribution in [2.45, 2.75) is 57.2 Å². The molecule has 0 saturated carbocycles. The van der Waals surface area contributed by atoms with Crippen LogP contribution in [0.25, 0.3) is 0 Å². The van der Waals surface area contributed by atoms with Gasteiger partial charge in [0.25, 0.3) is 0 Å². The van der Waals surface area contributed by atoms with Crippen molar-refractivity contribution >= 4 is 0 Å². The lowest BCUT2D eigenvalue weighted by Crippen LogP contribution is -2.47. The first-order valence-corrected chi connectivity index (χ1v) is 8.32. The van der Waals surface area contributed by atoms with Gasteiger partial charge in [0.15, 0.2) is 5.83 Å². The van der Waals surface area contributed by atoms with Crippen LogP contribution in [0.4, 0.5) is 13.2 Å². The molecule has 1 fully saturated rings. The summed E-state index contributed by atoms with van der Waals surface area (Å²) in [7, 11) is 0. The van der Waals surface area contributed by atoms with Crippen LogP contribution in [-0.2, 0) is 6.54 Å². The number of hydrogen-bond acceptors (Lipinski definition) is 1. The molecule has 2 bridgehead atoms. The number of piperidine rings is 1. The van der Waals surface area contributed by atoms with Gasteiger partial charge in [-0.15, -0.1) is 0 Å². The fourth-order valence-corrected chi connectivity index (χ4v) is 3.80. The normalized spacial score (nSPS) is 24.2. The monoisotopic (exact) mass is 321 g/mol. The number of nitrogens with zero attached hydrogens (tertiary/aromatic N) is 1. The summed E-state index contributed by atoms with van der Waals surface area (Å²) in [4.78, 5) is 2.52. The van der Waals surface area contributed by atoms with Crippen LogP contribution >= 0.6 is 0 Å². The molecule has 0 amide bonds. The first kappa shape index (κ1) is 16.3. The Morgan fingerprint density at radius 3 is 2.57 bits per heavy atom. The Labute approximate surface area is 135 Å². The highest BCUT2D eigenvalue weighted by atomic mass is 19.3. The average molecular weight is 321 g/mol. The molecule has 1 aromatic rings. The van der Waals surface area contributed by atoms with E-state index >= 15 is 0 Å². The standard InChI is InChI=1S/C19H22F3N/c20-18(19(21)22)10-9-15-11-16-7-4-8-17(12-15)23(16)13-14-5-2-1-3-6-14/h1-3,5-6,11,16-17H,4,7-10,12-13H2. The molecular weight excluding hydrogens is 299 g/mol. The maximum Gasteiger partial charge on any atom is 0.301 e. The van der Waals surface area contributed by atoms with Gasteiger partial charge in [-0.2, -0.15) is 8.78 Å². The maximum absolute atomic E-state index is 13.0. The second-order valence-electron chi connectivity index (χ2n) is 6.50. The lowest BCUT2D eigenvalue weighted by atomic mass is 9.83. The summed E-state index contributed by atoms with van der Waals surface area (Å²) in [5, 5.41) is 0. The van der Waals surface area contributed by atoms with Crippen molar-refractivity contribution in [1.29, 1.82) is 0 Å². The summed E-state index contributed by atoms with van der Waals surface area (Å²) in [6.07, 6.45) is 4.58. The smallest absolute Gasteiger partial charge is 0.289 e. The largest absolute Gasteiger partial charge is 0.301 e. The third-order valence-corrected chi connectivity index (χ3v) is 4.94. The van der Waals surface area contributed by atoms with E-state index < -0.39 is 11.9 Å². The van der Waals surface area contributed by atoms with Gasteiger partial charge in [-0.05, 0) is 31.2 Å². The minimum absolute atomic E-state index is 0.174. The highest BCUT2D eigenvalue weighted by Gasteiger charge is 2.33. The van der Waals surface area contributed by atoms with Crippen LogP contribution in [0.3, 0.4) is 0 Å². The highest BCUT2D eigenvalue weighted by Crippen LogP contribution is 2.36. The molecule has 2 heterocycles. The van der Waals surface area contributed by atoms with Crippen molar-refractivity contribution in [2.24, 2.45) is 0 Å². The summed E-state index contributed by atoms with van der Waals surface area (Å²) in [6.45, 7) is 0.924. The summed E-state index contributed by atoms with van der Waals surface area (Å²) in [5.41, 5.74) is 2.44. The van der Waals surface area contributed by atoms with Crippen molar-refractivity contribution < 1.29 is 13.2 Å². The van der Waals surface area contributed by atoms with E-state index in [9.17, 15) is 13.2 Å². The average Bonchev–Trinajstić information content (AvgIpc) is 2.53. The van der Waals surface area contributed by atoms with Crippen LogP contribution in [-0.4, -0.2) is 17.0 Å². The minimum Gasteiger partial charge on any atom is -0.289 e. The molecule has 1 aromatic carbocycles. The number of rotatable bonds is 5. The van der Waals surface area contributed by atoms with Gasteiger partial charge in [0.2, 0.25) is 0 Å². The molecule has 1 nitrogen and oxygen atoms in total. The number of hydrogen-bond donors (Lipinski definition) is 0. The highest BCUT2D eigenvalue weighted by molar-refractivity contribution is 5.20. The molecule has 2 aliphatic heterocycles. The molecule has 2 aliphatic rings. The van der Waals surface area contributed by atoms with Gasteiger partial charge < -0.3 is 0 Å². The summed E-state index contributed by atoms with van der Waals surface area (Å²) >= 11 is 0. The van der Waals surface area contributed by atoms with Crippen LogP contribution < -0.4 is 0 Å². The van der Waals surface area contributed by atoms with Crippen molar-refractivity contribution in [1.82, 2.24) is 4.90 Å². The van der Waals surface area contributed by atoms with E-state index in [4.69, 9.17) is 0 Å². The first-order valence-electron chi connectivity index (χ1n) is 8.32. The zero-order chi connectivity index (χ0) is 16.2. The molecule has 0 aliphatic carbocycles. The van der Waals surface area contributed by atoms with Crippen LogP contribution in [0.15, 0.2) is 53.9 Å². The fraction of sp³-hybridized carbons (Fsp3) is 0.474. The predicted octanol–water partition coefficient (Wildman–Crippen LogP) is 5.60. The first-order chi connectivity index (χ1) is 11.1. The van der Waals surface area contributed by atoms with Crippen molar-refractivity contribution in [2.75, 3.05) is 0 Å². The van der Waals surface area contributed by atoms with Crippen molar-refractivity contribution in [3.8, 4) is 0 Å².